The summed E-state index contributed by atoms with van der Waals surface area (Å²) < 4.78 is 23.9. The minimum Gasteiger partial charge on any atom is -0.211 e. The van der Waals surface area contributed by atoms with E-state index in [1.807, 2.05) is 0 Å². The van der Waals surface area contributed by atoms with Gasteiger partial charge in [0.05, 0.1) is 0 Å². The third-order valence-electron chi connectivity index (χ3n) is 0.901. The monoisotopic (exact) mass is 115 g/mol. The molecule has 1 aliphatic carbocycles. The van der Waals surface area contributed by atoms with Gasteiger partial charge in [-0.3, -0.25) is 0 Å². The fourth-order valence-corrected chi connectivity index (χ4v) is 0.534. The van der Waals surface area contributed by atoms with Crippen molar-refractivity contribution in [1.82, 2.24) is 0 Å². The van der Waals surface area contributed by atoms with Crippen LogP contribution in [0.1, 0.15) is 6.42 Å². The molecule has 2 heteroatoms. The highest BCUT2D eigenvalue weighted by Gasteiger charge is 2.02. The van der Waals surface area contributed by atoms with Gasteiger partial charge in [-0.2, -0.15) is 0 Å². The van der Waals surface area contributed by atoms with E-state index in [-0.39, 0.29) is 0 Å². The lowest BCUT2D eigenvalue weighted by Gasteiger charge is -1.97. The molecule has 0 fully saturated rings. The summed E-state index contributed by atoms with van der Waals surface area (Å²) >= 11 is 0. The van der Waals surface area contributed by atoms with Crippen LogP contribution >= 0.6 is 0 Å². The maximum Gasteiger partial charge on any atom is 0.121 e. The number of allylic oxidation sites excluding steroid dienone is 4. The average Bonchev–Trinajstić information content (AvgIpc) is 1.64. The zero-order valence-electron chi connectivity index (χ0n) is 4.20. The molecule has 0 spiro atoms. The van der Waals surface area contributed by atoms with Gasteiger partial charge < -0.3 is 0 Å². The molecule has 0 amide bonds. The molecule has 0 bridgehead atoms. The van der Waals surface area contributed by atoms with Crippen LogP contribution in [-0.4, -0.2) is 0 Å². The molecule has 0 nitrogen and oxygen atoms in total. The molecule has 8 heavy (non-hydrogen) atoms. The van der Waals surface area contributed by atoms with Crippen molar-refractivity contribution in [3.05, 3.63) is 30.2 Å². The number of halogens is 2. The second-order valence-electron chi connectivity index (χ2n) is 1.56. The normalized spacial score (nSPS) is 19.8. The first-order chi connectivity index (χ1) is 3.79. The van der Waals surface area contributed by atoms with Gasteiger partial charge in [-0.25, -0.2) is 8.78 Å². The van der Waals surface area contributed by atoms with Crippen molar-refractivity contribution in [3.63, 3.8) is 0 Å². The molecule has 1 aliphatic rings. The summed E-state index contributed by atoms with van der Waals surface area (Å²) in [4.78, 5) is 0. The van der Waals surface area contributed by atoms with E-state index < -0.39 is 11.7 Å². The van der Waals surface area contributed by atoms with Crippen molar-refractivity contribution in [1.29, 1.82) is 0 Å². The molecule has 0 atom stereocenters. The van der Waals surface area contributed by atoms with E-state index in [0.29, 0.717) is 6.42 Å². The predicted molar refractivity (Wildman–Crippen MR) is 27.3 cm³/mol. The van der Waals surface area contributed by atoms with Crippen LogP contribution in [0.25, 0.3) is 0 Å². The van der Waals surface area contributed by atoms with E-state index >= 15 is 0 Å². The standard InChI is InChI=1S/C6H5F2/c7-5-2-1-3-6(8)4-5/h2-4H,1H2. The molecule has 0 aromatic carbocycles. The molecule has 0 aliphatic heterocycles. The Morgan fingerprint density at radius 2 is 2.00 bits per heavy atom. The fraction of sp³-hybridized carbons (Fsp3) is 0.167. The Morgan fingerprint density at radius 3 is 2.38 bits per heavy atom. The maximum atomic E-state index is 12.0. The lowest BCUT2D eigenvalue weighted by atomic mass is 10.2. The lowest BCUT2D eigenvalue weighted by Crippen LogP contribution is -1.83. The smallest absolute Gasteiger partial charge is 0.121 e. The summed E-state index contributed by atoms with van der Waals surface area (Å²) in [5.74, 6) is -0.963. The minimum atomic E-state index is -0.481. The first-order valence-corrected chi connectivity index (χ1v) is 2.35. The van der Waals surface area contributed by atoms with Gasteiger partial charge in [0.1, 0.15) is 11.7 Å². The Morgan fingerprint density at radius 1 is 1.25 bits per heavy atom. The van der Waals surface area contributed by atoms with Crippen molar-refractivity contribution in [2.75, 3.05) is 0 Å². The molecular weight excluding hydrogens is 110 g/mol. The van der Waals surface area contributed by atoms with Crippen LogP contribution in [-0.2, 0) is 0 Å². The summed E-state index contributed by atoms with van der Waals surface area (Å²) in [5, 5.41) is 0. The van der Waals surface area contributed by atoms with Gasteiger partial charge in [0.25, 0.3) is 0 Å². The molecule has 1 radical (unpaired) electrons. The molecule has 1 rings (SSSR count). The molecule has 0 aromatic rings. The van der Waals surface area contributed by atoms with Crippen LogP contribution in [0.2, 0.25) is 0 Å². The number of rotatable bonds is 0. The number of hydrogen-bond acceptors (Lipinski definition) is 0. The summed E-state index contributed by atoms with van der Waals surface area (Å²) in [5.41, 5.74) is 0. The van der Waals surface area contributed by atoms with Gasteiger partial charge in [0.2, 0.25) is 0 Å². The first kappa shape index (κ1) is 5.48. The van der Waals surface area contributed by atoms with Crippen LogP contribution in [0.15, 0.2) is 23.8 Å². The molecule has 0 saturated heterocycles. The second-order valence-corrected chi connectivity index (χ2v) is 1.56. The van der Waals surface area contributed by atoms with Crippen molar-refractivity contribution in [3.8, 4) is 0 Å². The SMILES string of the molecule is FC1=CC(F)=CC[CH]1. The molecule has 0 saturated carbocycles. The Labute approximate surface area is 46.5 Å². The van der Waals surface area contributed by atoms with Gasteiger partial charge in [0.15, 0.2) is 0 Å². The fourth-order valence-electron chi connectivity index (χ4n) is 0.534. The summed E-state index contributed by atoms with van der Waals surface area (Å²) in [6, 6.07) is 0. The van der Waals surface area contributed by atoms with Crippen molar-refractivity contribution >= 4 is 0 Å². The highest BCUT2D eigenvalue weighted by molar-refractivity contribution is 5.25. The molecule has 0 N–H and O–H groups in total. The van der Waals surface area contributed by atoms with E-state index in [1.54, 1.807) is 0 Å². The Balaban J connectivity index is 2.69. The quantitative estimate of drug-likeness (QED) is 0.454. The third-order valence-corrected chi connectivity index (χ3v) is 0.901. The van der Waals surface area contributed by atoms with Crippen LogP contribution in [0.5, 0.6) is 0 Å². The summed E-state index contributed by atoms with van der Waals surface area (Å²) in [7, 11) is 0. The van der Waals surface area contributed by atoms with E-state index in [0.717, 1.165) is 6.08 Å². The summed E-state index contributed by atoms with van der Waals surface area (Å²) in [6.07, 6.45) is 3.88. The zero-order valence-corrected chi connectivity index (χ0v) is 4.20. The van der Waals surface area contributed by atoms with Crippen LogP contribution in [0.4, 0.5) is 8.78 Å². The number of hydrogen-bond donors (Lipinski definition) is 0. The van der Waals surface area contributed by atoms with Crippen molar-refractivity contribution < 1.29 is 8.78 Å². The minimum absolute atomic E-state index is 0.369. The Hall–Kier alpha value is -0.660. The molecule has 0 aromatic heterocycles. The van der Waals surface area contributed by atoms with E-state index in [4.69, 9.17) is 0 Å². The highest BCUT2D eigenvalue weighted by atomic mass is 19.1. The van der Waals surface area contributed by atoms with E-state index in [2.05, 4.69) is 0 Å². The Kier molecular flexibility index (Phi) is 1.42. The third kappa shape index (κ3) is 1.15. The van der Waals surface area contributed by atoms with E-state index in [1.165, 1.54) is 12.5 Å². The molecule has 43 valence electrons. The first-order valence-electron chi connectivity index (χ1n) is 2.35. The molecular formula is C6H5F2. The average molecular weight is 115 g/mol. The van der Waals surface area contributed by atoms with E-state index in [9.17, 15) is 8.78 Å². The van der Waals surface area contributed by atoms with Crippen molar-refractivity contribution in [2.24, 2.45) is 0 Å². The van der Waals surface area contributed by atoms with Gasteiger partial charge >= 0.3 is 0 Å². The second kappa shape index (κ2) is 2.07. The van der Waals surface area contributed by atoms with Crippen LogP contribution in [0, 0.1) is 6.42 Å². The van der Waals surface area contributed by atoms with Crippen LogP contribution in [0.3, 0.4) is 0 Å². The largest absolute Gasteiger partial charge is 0.211 e. The van der Waals surface area contributed by atoms with Gasteiger partial charge in [-0.15, -0.1) is 0 Å². The topological polar surface area (TPSA) is 0 Å². The maximum absolute atomic E-state index is 12.0. The molecule has 0 unspecified atom stereocenters. The Bertz CT molecular complexity index is 145. The summed E-state index contributed by atoms with van der Waals surface area (Å²) in [6.45, 7) is 0. The lowest BCUT2D eigenvalue weighted by molar-refractivity contribution is 0.601. The van der Waals surface area contributed by atoms with Gasteiger partial charge in [0, 0.05) is 12.5 Å². The highest BCUT2D eigenvalue weighted by Crippen LogP contribution is 2.16. The van der Waals surface area contributed by atoms with Gasteiger partial charge in [-0.05, 0) is 12.5 Å². The van der Waals surface area contributed by atoms with Crippen LogP contribution < -0.4 is 0 Å². The predicted octanol–water partition coefficient (Wildman–Crippen LogP) is 2.30. The zero-order chi connectivity index (χ0) is 5.98. The molecule has 0 heterocycles. The van der Waals surface area contributed by atoms with Gasteiger partial charge in [-0.1, -0.05) is 0 Å². The van der Waals surface area contributed by atoms with Crippen molar-refractivity contribution in [2.45, 2.75) is 6.42 Å².